The molecule has 0 aliphatic carbocycles. The van der Waals surface area contributed by atoms with Crippen LogP contribution >= 0.6 is 0 Å². The fraction of sp³-hybridized carbons (Fsp3) is 0.333. The van der Waals surface area contributed by atoms with Crippen LogP contribution in [0.25, 0.3) is 0 Å². The number of rotatable bonds is 2. The number of likely N-dealkylation sites (N-methyl/N-ethyl adjacent to an activating group) is 1. The summed E-state index contributed by atoms with van der Waals surface area (Å²) in [4.78, 5) is 15.0. The zero-order chi connectivity index (χ0) is 8.97. The van der Waals surface area contributed by atoms with Crippen molar-refractivity contribution < 1.29 is 4.79 Å². The van der Waals surface area contributed by atoms with Crippen LogP contribution in [0.4, 0.5) is 0 Å². The van der Waals surface area contributed by atoms with Crippen LogP contribution in [0.5, 0.6) is 0 Å². The maximum absolute atomic E-state index is 11.0. The van der Waals surface area contributed by atoms with Gasteiger partial charge in [0.2, 0.25) is 5.91 Å². The molecule has 0 fully saturated rings. The van der Waals surface area contributed by atoms with Gasteiger partial charge in [0.1, 0.15) is 0 Å². The summed E-state index contributed by atoms with van der Waals surface area (Å²) < 4.78 is 0. The van der Waals surface area contributed by atoms with E-state index in [9.17, 15) is 4.79 Å². The number of hydrogen-bond donors (Lipinski definition) is 1. The van der Waals surface area contributed by atoms with Gasteiger partial charge in [-0.2, -0.15) is 0 Å². The van der Waals surface area contributed by atoms with Crippen LogP contribution in [-0.2, 0) is 11.2 Å². The first-order valence-electron chi connectivity index (χ1n) is 3.84. The summed E-state index contributed by atoms with van der Waals surface area (Å²) in [6, 6.07) is 3.76. The van der Waals surface area contributed by atoms with Gasteiger partial charge in [-0.1, -0.05) is 0 Å². The molecule has 1 heterocycles. The van der Waals surface area contributed by atoms with Crippen LogP contribution in [0.15, 0.2) is 18.3 Å². The molecule has 0 radical (unpaired) electrons. The number of nitrogens with one attached hydrogen (secondary N) is 1. The third-order valence-corrected chi connectivity index (χ3v) is 1.60. The van der Waals surface area contributed by atoms with Gasteiger partial charge in [-0.25, -0.2) is 0 Å². The van der Waals surface area contributed by atoms with Gasteiger partial charge in [0.15, 0.2) is 0 Å². The molecule has 12 heavy (non-hydrogen) atoms. The number of pyridine rings is 1. The van der Waals surface area contributed by atoms with Crippen LogP contribution in [0.3, 0.4) is 0 Å². The van der Waals surface area contributed by atoms with Gasteiger partial charge in [0, 0.05) is 18.9 Å². The Bertz CT molecular complexity index is 284. The molecule has 0 bridgehead atoms. The van der Waals surface area contributed by atoms with Crippen LogP contribution in [0, 0.1) is 6.92 Å². The second-order valence-corrected chi connectivity index (χ2v) is 2.66. The number of hydrogen-bond acceptors (Lipinski definition) is 2. The van der Waals surface area contributed by atoms with Crippen molar-refractivity contribution in [2.45, 2.75) is 13.3 Å². The molecule has 0 unspecified atom stereocenters. The fourth-order valence-corrected chi connectivity index (χ4v) is 0.988. The smallest absolute Gasteiger partial charge is 0.224 e. The van der Waals surface area contributed by atoms with Crippen molar-refractivity contribution in [3.63, 3.8) is 0 Å². The molecule has 1 aromatic rings. The molecule has 64 valence electrons. The highest BCUT2D eigenvalue weighted by atomic mass is 16.1. The number of nitrogens with zero attached hydrogens (tertiary/aromatic N) is 1. The van der Waals surface area contributed by atoms with Crippen LogP contribution < -0.4 is 5.32 Å². The first kappa shape index (κ1) is 8.71. The summed E-state index contributed by atoms with van der Waals surface area (Å²) in [5, 5.41) is 2.57. The Kier molecular flexibility index (Phi) is 2.80. The summed E-state index contributed by atoms with van der Waals surface area (Å²) in [5.41, 5.74) is 1.94. The van der Waals surface area contributed by atoms with Gasteiger partial charge in [0.05, 0.1) is 6.42 Å². The maximum atomic E-state index is 11.0. The molecule has 0 saturated heterocycles. The Balaban J connectivity index is 2.69. The van der Waals surface area contributed by atoms with Gasteiger partial charge in [-0.3, -0.25) is 9.78 Å². The van der Waals surface area contributed by atoms with Gasteiger partial charge in [-0.15, -0.1) is 0 Å². The van der Waals surface area contributed by atoms with E-state index < -0.39 is 0 Å². The van der Waals surface area contributed by atoms with Crippen LogP contribution in [0.1, 0.15) is 11.3 Å². The normalized spacial score (nSPS) is 9.50. The van der Waals surface area contributed by atoms with E-state index in [-0.39, 0.29) is 5.91 Å². The van der Waals surface area contributed by atoms with Crippen LogP contribution in [-0.4, -0.2) is 17.9 Å². The lowest BCUT2D eigenvalue weighted by molar-refractivity contribution is -0.119. The van der Waals surface area contributed by atoms with Crippen molar-refractivity contribution in [2.24, 2.45) is 0 Å². The molecule has 3 nitrogen and oxygen atoms in total. The highest BCUT2D eigenvalue weighted by Crippen LogP contribution is 2.00. The average molecular weight is 164 g/mol. The second kappa shape index (κ2) is 3.85. The van der Waals surface area contributed by atoms with Gasteiger partial charge in [-0.05, 0) is 24.6 Å². The minimum absolute atomic E-state index is 0.0283. The van der Waals surface area contributed by atoms with Crippen molar-refractivity contribution in [1.29, 1.82) is 0 Å². The molecule has 0 aliphatic rings. The monoisotopic (exact) mass is 164 g/mol. The first-order valence-corrected chi connectivity index (χ1v) is 3.84. The molecule has 1 amide bonds. The Morgan fingerprint density at radius 1 is 1.67 bits per heavy atom. The topological polar surface area (TPSA) is 42.0 Å². The van der Waals surface area contributed by atoms with E-state index in [4.69, 9.17) is 0 Å². The Labute approximate surface area is 71.8 Å². The molecule has 0 atom stereocenters. The zero-order valence-corrected chi connectivity index (χ0v) is 7.29. The lowest BCUT2D eigenvalue weighted by Crippen LogP contribution is -2.19. The molecular formula is C9H12N2O. The van der Waals surface area contributed by atoms with Crippen molar-refractivity contribution in [2.75, 3.05) is 7.05 Å². The zero-order valence-electron chi connectivity index (χ0n) is 7.29. The molecular weight excluding hydrogens is 152 g/mol. The molecule has 3 heteroatoms. The Morgan fingerprint density at radius 3 is 3.00 bits per heavy atom. The first-order chi connectivity index (χ1) is 5.72. The molecule has 1 N–H and O–H groups in total. The lowest BCUT2D eigenvalue weighted by atomic mass is 10.1. The van der Waals surface area contributed by atoms with Gasteiger partial charge < -0.3 is 5.32 Å². The van der Waals surface area contributed by atoms with Gasteiger partial charge >= 0.3 is 0 Å². The molecule has 1 aromatic heterocycles. The predicted octanol–water partition coefficient (Wildman–Crippen LogP) is 0.679. The third kappa shape index (κ3) is 2.34. The number of carbonyl (C=O) groups excluding carboxylic acids is 1. The molecule has 0 aliphatic heterocycles. The van der Waals surface area contributed by atoms with E-state index >= 15 is 0 Å². The number of aryl methyl sites for hydroxylation is 1. The third-order valence-electron chi connectivity index (χ3n) is 1.60. The maximum Gasteiger partial charge on any atom is 0.224 e. The Morgan fingerprint density at radius 2 is 2.42 bits per heavy atom. The summed E-state index contributed by atoms with van der Waals surface area (Å²) in [7, 11) is 1.64. The standard InChI is InChI=1S/C9H12N2O/c1-7-5-8(3-4-11-7)6-9(12)10-2/h3-5H,6H2,1-2H3,(H,10,12). The summed E-state index contributed by atoms with van der Waals surface area (Å²) in [5.74, 6) is 0.0283. The van der Waals surface area contributed by atoms with Crippen molar-refractivity contribution in [3.8, 4) is 0 Å². The van der Waals surface area contributed by atoms with E-state index in [1.165, 1.54) is 0 Å². The number of carbonyl (C=O) groups is 1. The molecule has 0 spiro atoms. The molecule has 0 aromatic carbocycles. The van der Waals surface area contributed by atoms with E-state index in [0.29, 0.717) is 6.42 Å². The molecule has 1 rings (SSSR count). The largest absolute Gasteiger partial charge is 0.359 e. The minimum Gasteiger partial charge on any atom is -0.359 e. The van der Waals surface area contributed by atoms with E-state index in [0.717, 1.165) is 11.3 Å². The average Bonchev–Trinajstić information content (AvgIpc) is 2.04. The van der Waals surface area contributed by atoms with Crippen LogP contribution in [0.2, 0.25) is 0 Å². The van der Waals surface area contributed by atoms with Crippen molar-refractivity contribution in [3.05, 3.63) is 29.6 Å². The van der Waals surface area contributed by atoms with Crippen molar-refractivity contribution in [1.82, 2.24) is 10.3 Å². The van der Waals surface area contributed by atoms with Crippen molar-refractivity contribution >= 4 is 5.91 Å². The molecule has 0 saturated carbocycles. The van der Waals surface area contributed by atoms with E-state index in [1.807, 2.05) is 19.1 Å². The summed E-state index contributed by atoms with van der Waals surface area (Å²) >= 11 is 0. The summed E-state index contributed by atoms with van der Waals surface area (Å²) in [6.45, 7) is 1.91. The second-order valence-electron chi connectivity index (χ2n) is 2.66. The highest BCUT2D eigenvalue weighted by molar-refractivity contribution is 5.78. The van der Waals surface area contributed by atoms with E-state index in [2.05, 4.69) is 10.3 Å². The predicted molar refractivity (Wildman–Crippen MR) is 46.7 cm³/mol. The number of amides is 1. The van der Waals surface area contributed by atoms with E-state index in [1.54, 1.807) is 13.2 Å². The highest BCUT2D eigenvalue weighted by Gasteiger charge is 1.99. The number of aromatic nitrogens is 1. The summed E-state index contributed by atoms with van der Waals surface area (Å²) in [6.07, 6.45) is 2.15. The van der Waals surface area contributed by atoms with Gasteiger partial charge in [0.25, 0.3) is 0 Å². The SMILES string of the molecule is CNC(=O)Cc1ccnc(C)c1. The Hall–Kier alpha value is -1.38. The lowest BCUT2D eigenvalue weighted by Gasteiger charge is -2.00. The fourth-order valence-electron chi connectivity index (χ4n) is 0.988. The quantitative estimate of drug-likeness (QED) is 0.698. The minimum atomic E-state index is 0.0283.